The largest absolute Gasteiger partial charge is 0.323 e. The van der Waals surface area contributed by atoms with Crippen LogP contribution in [-0.2, 0) is 9.84 Å². The molecule has 0 spiro atoms. The number of sulfone groups is 1. The molecule has 0 saturated carbocycles. The highest BCUT2D eigenvalue weighted by atomic mass is 32.2. The molecule has 96 valence electrons. The molecule has 1 aromatic rings. The van der Waals surface area contributed by atoms with Gasteiger partial charge in [-0.3, -0.25) is 0 Å². The minimum atomic E-state index is -3.10. The Morgan fingerprint density at radius 3 is 2.29 bits per heavy atom. The average Bonchev–Trinajstić information content (AvgIpc) is 2.30. The molecule has 0 aliphatic carbocycles. The quantitative estimate of drug-likeness (QED) is 0.877. The van der Waals surface area contributed by atoms with Gasteiger partial charge in [-0.1, -0.05) is 38.1 Å². The topological polar surface area (TPSA) is 60.2 Å². The third-order valence-corrected chi connectivity index (χ3v) is 5.57. The monoisotopic (exact) mass is 255 g/mol. The highest BCUT2D eigenvalue weighted by Gasteiger charge is 2.29. The molecule has 1 aromatic carbocycles. The normalized spacial score (nSPS) is 15.5. The van der Waals surface area contributed by atoms with Gasteiger partial charge in [0.2, 0.25) is 0 Å². The van der Waals surface area contributed by atoms with Crippen molar-refractivity contribution < 1.29 is 8.42 Å². The fourth-order valence-corrected chi connectivity index (χ4v) is 3.64. The molecule has 2 N–H and O–H groups in total. The summed E-state index contributed by atoms with van der Waals surface area (Å²) in [6.07, 6.45) is 0.547. The van der Waals surface area contributed by atoms with E-state index >= 15 is 0 Å². The zero-order valence-electron chi connectivity index (χ0n) is 10.7. The van der Waals surface area contributed by atoms with E-state index in [0.717, 1.165) is 11.1 Å². The Morgan fingerprint density at radius 1 is 1.24 bits per heavy atom. The third kappa shape index (κ3) is 3.07. The Hall–Kier alpha value is -0.870. The molecule has 4 heteroatoms. The summed E-state index contributed by atoms with van der Waals surface area (Å²) in [6.45, 7) is 5.50. The predicted octanol–water partition coefficient (Wildman–Crippen LogP) is 2.21. The molecule has 0 fully saturated rings. The molecule has 1 rings (SSSR count). The molecule has 2 atom stereocenters. The van der Waals surface area contributed by atoms with Crippen LogP contribution in [-0.4, -0.2) is 19.4 Å². The number of aryl methyl sites for hydroxylation is 1. The molecular formula is C13H21NO2S. The maximum atomic E-state index is 12.0. The summed E-state index contributed by atoms with van der Waals surface area (Å²) in [5.41, 5.74) is 8.11. The van der Waals surface area contributed by atoms with Crippen LogP contribution in [0, 0.1) is 6.92 Å². The van der Waals surface area contributed by atoms with E-state index in [-0.39, 0.29) is 5.75 Å². The van der Waals surface area contributed by atoms with Crippen LogP contribution < -0.4 is 5.73 Å². The lowest BCUT2D eigenvalue weighted by Crippen LogP contribution is -2.34. The number of hydrogen-bond donors (Lipinski definition) is 1. The fraction of sp³-hybridized carbons (Fsp3) is 0.538. The lowest BCUT2D eigenvalue weighted by molar-refractivity contribution is 0.548. The number of hydrogen-bond acceptors (Lipinski definition) is 3. The van der Waals surface area contributed by atoms with Crippen LogP contribution in [0.25, 0.3) is 0 Å². The molecule has 0 aliphatic heterocycles. The molecule has 3 nitrogen and oxygen atoms in total. The first-order valence-electron chi connectivity index (χ1n) is 5.96. The van der Waals surface area contributed by atoms with Crippen LogP contribution in [0.5, 0.6) is 0 Å². The highest BCUT2D eigenvalue weighted by Crippen LogP contribution is 2.25. The van der Waals surface area contributed by atoms with Gasteiger partial charge in [0.15, 0.2) is 9.84 Å². The van der Waals surface area contributed by atoms with Crippen LogP contribution in [0.1, 0.15) is 37.4 Å². The Kier molecular flexibility index (Phi) is 4.71. The minimum absolute atomic E-state index is 0.144. The van der Waals surface area contributed by atoms with Gasteiger partial charge < -0.3 is 5.73 Å². The van der Waals surface area contributed by atoms with Crippen LogP contribution in [0.4, 0.5) is 0 Å². The first-order valence-corrected chi connectivity index (χ1v) is 7.68. The van der Waals surface area contributed by atoms with E-state index in [1.807, 2.05) is 38.1 Å². The van der Waals surface area contributed by atoms with Crippen molar-refractivity contribution >= 4 is 9.84 Å². The van der Waals surface area contributed by atoms with Gasteiger partial charge in [-0.2, -0.15) is 0 Å². The van der Waals surface area contributed by atoms with Gasteiger partial charge in [-0.25, -0.2) is 8.42 Å². The second kappa shape index (κ2) is 5.65. The van der Waals surface area contributed by atoms with Crippen LogP contribution in [0.15, 0.2) is 24.3 Å². The smallest absolute Gasteiger partial charge is 0.154 e. The molecular weight excluding hydrogens is 234 g/mol. The summed E-state index contributed by atoms with van der Waals surface area (Å²) in [5, 5.41) is -0.492. The molecule has 0 bridgehead atoms. The molecule has 0 saturated heterocycles. The van der Waals surface area contributed by atoms with Crippen LogP contribution in [0.3, 0.4) is 0 Å². The van der Waals surface area contributed by atoms with Gasteiger partial charge in [0.1, 0.15) is 0 Å². The molecule has 0 unspecified atom stereocenters. The maximum absolute atomic E-state index is 12.0. The summed E-state index contributed by atoms with van der Waals surface area (Å²) in [6, 6.07) is 7.26. The first-order chi connectivity index (χ1) is 7.94. The van der Waals surface area contributed by atoms with Gasteiger partial charge >= 0.3 is 0 Å². The minimum Gasteiger partial charge on any atom is -0.323 e. The van der Waals surface area contributed by atoms with E-state index in [1.54, 1.807) is 6.92 Å². The van der Waals surface area contributed by atoms with Crippen molar-refractivity contribution in [2.75, 3.05) is 5.75 Å². The van der Waals surface area contributed by atoms with Crippen molar-refractivity contribution in [3.05, 3.63) is 35.4 Å². The molecule has 17 heavy (non-hydrogen) atoms. The van der Waals surface area contributed by atoms with E-state index in [9.17, 15) is 8.42 Å². The Labute approximate surface area is 104 Å². The summed E-state index contributed by atoms with van der Waals surface area (Å²) in [7, 11) is -3.10. The first kappa shape index (κ1) is 14.2. The van der Waals surface area contributed by atoms with Crippen molar-refractivity contribution in [3.8, 4) is 0 Å². The van der Waals surface area contributed by atoms with Gasteiger partial charge in [-0.15, -0.1) is 0 Å². The van der Waals surface area contributed by atoms with Gasteiger partial charge in [-0.05, 0) is 24.5 Å². The van der Waals surface area contributed by atoms with E-state index in [4.69, 9.17) is 5.73 Å². The zero-order chi connectivity index (χ0) is 13.1. The standard InChI is InChI=1S/C13H21NO2S/c1-4-12(17(15,16)5-2)13(14)11-9-7-6-8-10(11)3/h6-9,12-13H,4-5,14H2,1-3H3/t12-,13-/m0/s1. The van der Waals surface area contributed by atoms with Crippen LogP contribution in [0.2, 0.25) is 0 Å². The van der Waals surface area contributed by atoms with Crippen molar-refractivity contribution in [3.63, 3.8) is 0 Å². The van der Waals surface area contributed by atoms with E-state index < -0.39 is 21.1 Å². The Balaban J connectivity index is 3.11. The highest BCUT2D eigenvalue weighted by molar-refractivity contribution is 7.92. The van der Waals surface area contributed by atoms with E-state index in [1.165, 1.54) is 0 Å². The summed E-state index contributed by atoms with van der Waals surface area (Å²) in [4.78, 5) is 0. The number of rotatable bonds is 5. The predicted molar refractivity (Wildman–Crippen MR) is 71.6 cm³/mol. The van der Waals surface area contributed by atoms with E-state index in [0.29, 0.717) is 6.42 Å². The van der Waals surface area contributed by atoms with Gasteiger partial charge in [0, 0.05) is 11.8 Å². The number of nitrogens with two attached hydrogens (primary N) is 1. The van der Waals surface area contributed by atoms with Gasteiger partial charge in [0.25, 0.3) is 0 Å². The van der Waals surface area contributed by atoms with Crippen LogP contribution >= 0.6 is 0 Å². The van der Waals surface area contributed by atoms with Crippen molar-refractivity contribution in [2.45, 2.75) is 38.5 Å². The molecule has 0 aliphatic rings. The second-order valence-electron chi connectivity index (χ2n) is 4.28. The summed E-state index contributed by atoms with van der Waals surface area (Å²) in [5.74, 6) is 0.144. The SMILES string of the molecule is CC[C@@H]([C@@H](N)c1ccccc1C)S(=O)(=O)CC. The lowest BCUT2D eigenvalue weighted by atomic mass is 9.98. The molecule has 0 heterocycles. The second-order valence-corrected chi connectivity index (χ2v) is 6.79. The Bertz CT molecular complexity index is 468. The average molecular weight is 255 g/mol. The van der Waals surface area contributed by atoms with Crippen molar-refractivity contribution in [1.29, 1.82) is 0 Å². The van der Waals surface area contributed by atoms with Gasteiger partial charge in [0.05, 0.1) is 5.25 Å². The number of benzene rings is 1. The molecule has 0 aromatic heterocycles. The third-order valence-electron chi connectivity index (χ3n) is 3.21. The fourth-order valence-electron chi connectivity index (χ4n) is 2.11. The molecule has 0 amide bonds. The molecule has 0 radical (unpaired) electrons. The van der Waals surface area contributed by atoms with Crippen molar-refractivity contribution in [1.82, 2.24) is 0 Å². The summed E-state index contributed by atoms with van der Waals surface area (Å²) < 4.78 is 24.0. The van der Waals surface area contributed by atoms with Crippen molar-refractivity contribution in [2.24, 2.45) is 5.73 Å². The van der Waals surface area contributed by atoms with E-state index in [2.05, 4.69) is 0 Å². The Morgan fingerprint density at radius 2 is 1.82 bits per heavy atom. The lowest BCUT2D eigenvalue weighted by Gasteiger charge is -2.23. The summed E-state index contributed by atoms with van der Waals surface area (Å²) >= 11 is 0. The zero-order valence-corrected chi connectivity index (χ0v) is 11.5. The maximum Gasteiger partial charge on any atom is 0.154 e.